The van der Waals surface area contributed by atoms with E-state index in [1.807, 2.05) is 6.07 Å². The van der Waals surface area contributed by atoms with Crippen LogP contribution in [0.3, 0.4) is 0 Å². The van der Waals surface area contributed by atoms with Crippen molar-refractivity contribution in [3.63, 3.8) is 0 Å². The minimum atomic E-state index is 0.0142. The standard InChI is InChI=1S/C18H13Cl2N3O3/c1-24-13-5-3-12(4-6-13)22-18-15(9-21)23-17(26-18)10-25-16-7-2-11(19)8-14(16)20/h2-8,22H,10H2,1H3. The van der Waals surface area contributed by atoms with Crippen LogP contribution in [0, 0.1) is 11.3 Å². The third kappa shape index (κ3) is 4.20. The monoisotopic (exact) mass is 389 g/mol. The topological polar surface area (TPSA) is 80.3 Å². The molecule has 0 aliphatic heterocycles. The highest BCUT2D eigenvalue weighted by Gasteiger charge is 2.14. The van der Waals surface area contributed by atoms with Gasteiger partial charge in [-0.2, -0.15) is 10.2 Å². The van der Waals surface area contributed by atoms with Gasteiger partial charge in [0.05, 0.1) is 12.1 Å². The normalized spacial score (nSPS) is 10.2. The fraction of sp³-hybridized carbons (Fsp3) is 0.111. The molecule has 3 rings (SSSR count). The molecule has 0 atom stereocenters. The second kappa shape index (κ2) is 8.00. The zero-order chi connectivity index (χ0) is 18.5. The molecule has 1 N–H and O–H groups in total. The minimum Gasteiger partial charge on any atom is -0.497 e. The summed E-state index contributed by atoms with van der Waals surface area (Å²) in [6.45, 7) is 0.0142. The molecule has 6 nitrogen and oxygen atoms in total. The van der Waals surface area contributed by atoms with Gasteiger partial charge >= 0.3 is 0 Å². The van der Waals surface area contributed by atoms with Crippen LogP contribution in [0.5, 0.6) is 11.5 Å². The third-order valence-electron chi connectivity index (χ3n) is 3.37. The lowest BCUT2D eigenvalue weighted by molar-refractivity contribution is 0.265. The number of hydrogen-bond donors (Lipinski definition) is 1. The van der Waals surface area contributed by atoms with Crippen molar-refractivity contribution in [1.82, 2.24) is 4.98 Å². The van der Waals surface area contributed by atoms with Crippen molar-refractivity contribution >= 4 is 34.8 Å². The number of anilines is 2. The van der Waals surface area contributed by atoms with Gasteiger partial charge < -0.3 is 19.2 Å². The first-order valence-corrected chi connectivity index (χ1v) is 8.23. The summed E-state index contributed by atoms with van der Waals surface area (Å²) in [5.41, 5.74) is 0.855. The molecular formula is C18H13Cl2N3O3. The van der Waals surface area contributed by atoms with Crippen molar-refractivity contribution in [3.8, 4) is 17.6 Å². The maximum atomic E-state index is 9.24. The maximum Gasteiger partial charge on any atom is 0.236 e. The summed E-state index contributed by atoms with van der Waals surface area (Å²) in [4.78, 5) is 4.11. The number of rotatable bonds is 6. The maximum absolute atomic E-state index is 9.24. The van der Waals surface area contributed by atoms with E-state index in [1.165, 1.54) is 0 Å². The highest BCUT2D eigenvalue weighted by Crippen LogP contribution is 2.29. The van der Waals surface area contributed by atoms with Crippen molar-refractivity contribution in [2.24, 2.45) is 0 Å². The fourth-order valence-electron chi connectivity index (χ4n) is 2.12. The average molecular weight is 390 g/mol. The van der Waals surface area contributed by atoms with Crippen LogP contribution in [0.4, 0.5) is 11.6 Å². The van der Waals surface area contributed by atoms with E-state index in [-0.39, 0.29) is 24.1 Å². The third-order valence-corrected chi connectivity index (χ3v) is 3.90. The van der Waals surface area contributed by atoms with Crippen LogP contribution in [0.25, 0.3) is 0 Å². The van der Waals surface area contributed by atoms with Crippen molar-refractivity contribution < 1.29 is 13.9 Å². The van der Waals surface area contributed by atoms with Gasteiger partial charge in [-0.15, -0.1) is 0 Å². The second-order valence-electron chi connectivity index (χ2n) is 5.11. The molecule has 0 bridgehead atoms. The molecule has 0 radical (unpaired) electrons. The zero-order valence-electron chi connectivity index (χ0n) is 13.6. The first-order valence-electron chi connectivity index (χ1n) is 7.48. The molecular weight excluding hydrogens is 377 g/mol. The van der Waals surface area contributed by atoms with Gasteiger partial charge in [-0.05, 0) is 42.5 Å². The molecule has 132 valence electrons. The summed E-state index contributed by atoms with van der Waals surface area (Å²) in [7, 11) is 1.59. The molecule has 0 aliphatic rings. The number of nitrogens with one attached hydrogen (secondary N) is 1. The first kappa shape index (κ1) is 17.9. The molecule has 0 spiro atoms. The number of benzene rings is 2. The Balaban J connectivity index is 1.72. The summed E-state index contributed by atoms with van der Waals surface area (Å²) in [5.74, 6) is 1.64. The summed E-state index contributed by atoms with van der Waals surface area (Å²) in [6.07, 6.45) is 0. The van der Waals surface area contributed by atoms with Crippen LogP contribution in [-0.2, 0) is 6.61 Å². The van der Waals surface area contributed by atoms with Gasteiger partial charge in [-0.1, -0.05) is 23.2 Å². The molecule has 0 saturated carbocycles. The molecule has 0 fully saturated rings. The Morgan fingerprint density at radius 2 is 1.96 bits per heavy atom. The molecule has 2 aromatic carbocycles. The number of nitrogens with zero attached hydrogens (tertiary/aromatic N) is 2. The Morgan fingerprint density at radius 3 is 2.62 bits per heavy atom. The minimum absolute atomic E-state index is 0.0142. The van der Waals surface area contributed by atoms with Gasteiger partial charge in [0.1, 0.15) is 17.6 Å². The Kier molecular flexibility index (Phi) is 5.52. The van der Waals surface area contributed by atoms with Crippen molar-refractivity contribution in [2.75, 3.05) is 12.4 Å². The SMILES string of the molecule is COc1ccc(Nc2oc(COc3ccc(Cl)cc3Cl)nc2C#N)cc1. The van der Waals surface area contributed by atoms with E-state index in [9.17, 15) is 5.26 Å². The van der Waals surface area contributed by atoms with E-state index < -0.39 is 0 Å². The highest BCUT2D eigenvalue weighted by molar-refractivity contribution is 6.35. The smallest absolute Gasteiger partial charge is 0.236 e. The molecule has 3 aromatic rings. The van der Waals surface area contributed by atoms with Gasteiger partial charge in [0, 0.05) is 10.7 Å². The van der Waals surface area contributed by atoms with Gasteiger partial charge in [0.2, 0.25) is 17.5 Å². The predicted molar refractivity (Wildman–Crippen MR) is 98.3 cm³/mol. The van der Waals surface area contributed by atoms with E-state index in [0.717, 1.165) is 11.4 Å². The van der Waals surface area contributed by atoms with E-state index in [4.69, 9.17) is 37.1 Å². The largest absolute Gasteiger partial charge is 0.497 e. The van der Waals surface area contributed by atoms with E-state index in [2.05, 4.69) is 10.3 Å². The quantitative estimate of drug-likeness (QED) is 0.624. The van der Waals surface area contributed by atoms with Crippen molar-refractivity contribution in [3.05, 3.63) is 64.1 Å². The number of nitriles is 1. The lowest BCUT2D eigenvalue weighted by Gasteiger charge is -2.06. The fourth-order valence-corrected chi connectivity index (χ4v) is 2.59. The molecule has 26 heavy (non-hydrogen) atoms. The number of halogens is 2. The van der Waals surface area contributed by atoms with Gasteiger partial charge in [-0.3, -0.25) is 0 Å². The number of hydrogen-bond acceptors (Lipinski definition) is 6. The summed E-state index contributed by atoms with van der Waals surface area (Å²) >= 11 is 11.9. The lowest BCUT2D eigenvalue weighted by atomic mass is 10.3. The molecule has 8 heteroatoms. The van der Waals surface area contributed by atoms with Gasteiger partial charge in [-0.25, -0.2) is 0 Å². The molecule has 0 aliphatic carbocycles. The lowest BCUT2D eigenvalue weighted by Crippen LogP contribution is -1.96. The van der Waals surface area contributed by atoms with Gasteiger partial charge in [0.15, 0.2) is 6.61 Å². The van der Waals surface area contributed by atoms with Crippen LogP contribution in [0.2, 0.25) is 10.0 Å². The molecule has 0 amide bonds. The van der Waals surface area contributed by atoms with E-state index in [1.54, 1.807) is 49.6 Å². The highest BCUT2D eigenvalue weighted by atomic mass is 35.5. The Hall–Kier alpha value is -2.88. The first-order chi connectivity index (χ1) is 12.6. The van der Waals surface area contributed by atoms with Crippen LogP contribution in [0.1, 0.15) is 11.6 Å². The zero-order valence-corrected chi connectivity index (χ0v) is 15.1. The van der Waals surface area contributed by atoms with Crippen molar-refractivity contribution in [2.45, 2.75) is 6.61 Å². The predicted octanol–water partition coefficient (Wildman–Crippen LogP) is 5.18. The Morgan fingerprint density at radius 1 is 1.19 bits per heavy atom. The average Bonchev–Trinajstić information content (AvgIpc) is 3.03. The van der Waals surface area contributed by atoms with Crippen LogP contribution < -0.4 is 14.8 Å². The second-order valence-corrected chi connectivity index (χ2v) is 5.96. The van der Waals surface area contributed by atoms with E-state index in [0.29, 0.717) is 15.8 Å². The number of ether oxygens (including phenoxy) is 2. The Labute approximate surface area is 159 Å². The van der Waals surface area contributed by atoms with Crippen molar-refractivity contribution in [1.29, 1.82) is 5.26 Å². The molecule has 1 aromatic heterocycles. The Bertz CT molecular complexity index is 949. The summed E-state index contributed by atoms with van der Waals surface area (Å²) in [5, 5.41) is 13.1. The number of aromatic nitrogens is 1. The molecule has 0 unspecified atom stereocenters. The van der Waals surface area contributed by atoms with Crippen LogP contribution in [0.15, 0.2) is 46.9 Å². The van der Waals surface area contributed by atoms with Crippen LogP contribution >= 0.6 is 23.2 Å². The molecule has 0 saturated heterocycles. The van der Waals surface area contributed by atoms with Crippen LogP contribution in [-0.4, -0.2) is 12.1 Å². The molecule has 1 heterocycles. The summed E-state index contributed by atoms with van der Waals surface area (Å²) in [6, 6.07) is 14.0. The van der Waals surface area contributed by atoms with E-state index >= 15 is 0 Å². The summed E-state index contributed by atoms with van der Waals surface area (Å²) < 4.78 is 16.3. The van der Waals surface area contributed by atoms with Gasteiger partial charge in [0.25, 0.3) is 0 Å². The number of oxazole rings is 1. The number of methoxy groups -OCH3 is 1.